The van der Waals surface area contributed by atoms with Crippen LogP contribution in [0.25, 0.3) is 0 Å². The number of likely N-dealkylation sites (tertiary alicyclic amines) is 1. The molecule has 1 aliphatic rings. The van der Waals surface area contributed by atoms with Crippen molar-refractivity contribution in [1.29, 1.82) is 0 Å². The predicted molar refractivity (Wildman–Crippen MR) is 87.4 cm³/mol. The molecule has 1 saturated heterocycles. The number of carbonyl (C=O) groups excluding carboxylic acids is 2. The minimum atomic E-state index is -0.392. The Labute approximate surface area is 134 Å². The first-order valence-electron chi connectivity index (χ1n) is 8.32. The second-order valence-corrected chi connectivity index (χ2v) is 7.66. The minimum Gasteiger partial charge on any atom is -0.465 e. The molecule has 0 aromatic rings. The summed E-state index contributed by atoms with van der Waals surface area (Å²) in [6, 6.07) is 0.0994. The topological polar surface area (TPSA) is 58.6 Å². The number of carbonyl (C=O) groups is 2. The first-order chi connectivity index (χ1) is 10.1. The number of piperidine rings is 1. The van der Waals surface area contributed by atoms with Crippen molar-refractivity contribution in [3.63, 3.8) is 0 Å². The summed E-state index contributed by atoms with van der Waals surface area (Å²) in [5.74, 6) is 0.887. The number of rotatable bonds is 5. The smallest absolute Gasteiger partial charge is 0.320 e. The Morgan fingerprint density at radius 2 is 1.91 bits per heavy atom. The third-order valence-corrected chi connectivity index (χ3v) is 4.18. The summed E-state index contributed by atoms with van der Waals surface area (Å²) in [5, 5.41) is 3.15. The van der Waals surface area contributed by atoms with Crippen molar-refractivity contribution in [2.24, 2.45) is 17.3 Å². The van der Waals surface area contributed by atoms with E-state index in [2.05, 4.69) is 24.1 Å². The van der Waals surface area contributed by atoms with Gasteiger partial charge in [0.1, 0.15) is 0 Å². The molecule has 1 heterocycles. The highest BCUT2D eigenvalue weighted by atomic mass is 16.5. The van der Waals surface area contributed by atoms with Gasteiger partial charge in [0.25, 0.3) is 0 Å². The van der Waals surface area contributed by atoms with E-state index in [9.17, 15) is 9.59 Å². The van der Waals surface area contributed by atoms with Crippen LogP contribution < -0.4 is 5.32 Å². The lowest BCUT2D eigenvalue weighted by Crippen LogP contribution is -2.54. The lowest BCUT2D eigenvalue weighted by molar-refractivity contribution is -0.145. The van der Waals surface area contributed by atoms with Gasteiger partial charge in [0.15, 0.2) is 0 Å². The van der Waals surface area contributed by atoms with Crippen molar-refractivity contribution >= 4 is 11.9 Å². The molecule has 5 heteroatoms. The van der Waals surface area contributed by atoms with Crippen LogP contribution in [0.2, 0.25) is 0 Å². The molecule has 0 spiro atoms. The normalized spacial score (nSPS) is 23.4. The quantitative estimate of drug-likeness (QED) is 0.790. The molecule has 1 aliphatic heterocycles. The summed E-state index contributed by atoms with van der Waals surface area (Å²) >= 11 is 0. The van der Waals surface area contributed by atoms with E-state index >= 15 is 0 Å². The van der Waals surface area contributed by atoms with Gasteiger partial charge in [-0.3, -0.25) is 14.5 Å². The van der Waals surface area contributed by atoms with E-state index < -0.39 is 5.41 Å². The summed E-state index contributed by atoms with van der Waals surface area (Å²) in [6.45, 7) is 14.3. The molecule has 0 aliphatic carbocycles. The van der Waals surface area contributed by atoms with E-state index in [4.69, 9.17) is 4.74 Å². The molecule has 22 heavy (non-hydrogen) atoms. The Morgan fingerprint density at radius 1 is 1.27 bits per heavy atom. The molecule has 1 N–H and O–H groups in total. The molecule has 1 rings (SSSR count). The summed E-state index contributed by atoms with van der Waals surface area (Å²) in [6.07, 6.45) is 0.971. The third kappa shape index (κ3) is 5.95. The van der Waals surface area contributed by atoms with Crippen LogP contribution in [0.1, 0.15) is 48.0 Å². The number of esters is 1. The van der Waals surface area contributed by atoms with Crippen LogP contribution in [0.15, 0.2) is 0 Å². The van der Waals surface area contributed by atoms with Gasteiger partial charge in [-0.1, -0.05) is 34.6 Å². The maximum atomic E-state index is 12.2. The number of amides is 1. The molecule has 0 saturated carbocycles. The highest BCUT2D eigenvalue weighted by Gasteiger charge is 2.32. The van der Waals surface area contributed by atoms with Gasteiger partial charge in [0.05, 0.1) is 13.2 Å². The zero-order valence-corrected chi connectivity index (χ0v) is 14.9. The molecule has 0 aromatic heterocycles. The fourth-order valence-corrected chi connectivity index (χ4v) is 2.74. The van der Waals surface area contributed by atoms with Gasteiger partial charge >= 0.3 is 5.97 Å². The number of ether oxygens (including phenoxy) is 1. The molecule has 2 atom stereocenters. The van der Waals surface area contributed by atoms with Crippen LogP contribution in [0.3, 0.4) is 0 Å². The Balaban J connectivity index is 2.68. The third-order valence-electron chi connectivity index (χ3n) is 4.18. The van der Waals surface area contributed by atoms with Gasteiger partial charge in [-0.2, -0.15) is 0 Å². The van der Waals surface area contributed by atoms with Crippen LogP contribution in [-0.4, -0.2) is 49.1 Å². The first kappa shape index (κ1) is 18.9. The fourth-order valence-electron chi connectivity index (χ4n) is 2.74. The summed E-state index contributed by atoms with van der Waals surface area (Å²) in [5.41, 5.74) is -0.392. The van der Waals surface area contributed by atoms with Crippen molar-refractivity contribution in [3.05, 3.63) is 0 Å². The fraction of sp³-hybridized carbons (Fsp3) is 0.882. The van der Waals surface area contributed by atoms with E-state index in [0.717, 1.165) is 13.0 Å². The number of hydrogen-bond donors (Lipinski definition) is 1. The van der Waals surface area contributed by atoms with Crippen molar-refractivity contribution in [2.45, 2.75) is 54.0 Å². The second kappa shape index (κ2) is 7.95. The summed E-state index contributed by atoms with van der Waals surface area (Å²) in [4.78, 5) is 26.1. The molecular formula is C17H32N2O3. The monoisotopic (exact) mass is 312 g/mol. The van der Waals surface area contributed by atoms with E-state index in [1.807, 2.05) is 27.7 Å². The Morgan fingerprint density at radius 3 is 2.41 bits per heavy atom. The second-order valence-electron chi connectivity index (χ2n) is 7.66. The SMILES string of the molecule is CCOC(=O)CN1CC(NC(=O)C(C)(C)C)CC(C(C)C)C1. The van der Waals surface area contributed by atoms with Gasteiger partial charge in [-0.05, 0) is 25.2 Å². The van der Waals surface area contributed by atoms with Crippen molar-refractivity contribution in [2.75, 3.05) is 26.2 Å². The van der Waals surface area contributed by atoms with Crippen LogP contribution >= 0.6 is 0 Å². The van der Waals surface area contributed by atoms with Crippen LogP contribution in [0.5, 0.6) is 0 Å². The number of nitrogens with zero attached hydrogens (tertiary/aromatic N) is 1. The summed E-state index contributed by atoms with van der Waals surface area (Å²) in [7, 11) is 0. The Bertz CT molecular complexity index is 388. The molecule has 128 valence electrons. The van der Waals surface area contributed by atoms with Crippen LogP contribution in [0, 0.1) is 17.3 Å². The van der Waals surface area contributed by atoms with Crippen molar-refractivity contribution in [3.8, 4) is 0 Å². The lowest BCUT2D eigenvalue weighted by atomic mass is 9.85. The van der Waals surface area contributed by atoms with Gasteiger partial charge < -0.3 is 10.1 Å². The molecule has 0 radical (unpaired) electrons. The maximum absolute atomic E-state index is 12.2. The Hall–Kier alpha value is -1.10. The van der Waals surface area contributed by atoms with Crippen molar-refractivity contribution in [1.82, 2.24) is 10.2 Å². The lowest BCUT2D eigenvalue weighted by Gasteiger charge is -2.40. The molecule has 5 nitrogen and oxygen atoms in total. The van der Waals surface area contributed by atoms with Gasteiger partial charge in [-0.15, -0.1) is 0 Å². The predicted octanol–water partition coefficient (Wildman–Crippen LogP) is 2.06. The van der Waals surface area contributed by atoms with E-state index in [1.165, 1.54) is 0 Å². The maximum Gasteiger partial charge on any atom is 0.320 e. The Kier molecular flexibility index (Phi) is 6.85. The average molecular weight is 312 g/mol. The van der Waals surface area contributed by atoms with Crippen LogP contribution in [0.4, 0.5) is 0 Å². The minimum absolute atomic E-state index is 0.0676. The summed E-state index contributed by atoms with van der Waals surface area (Å²) < 4.78 is 5.04. The van der Waals surface area contributed by atoms with E-state index in [1.54, 1.807) is 0 Å². The number of nitrogens with one attached hydrogen (secondary N) is 1. The van der Waals surface area contributed by atoms with Crippen molar-refractivity contribution < 1.29 is 14.3 Å². The molecule has 1 amide bonds. The van der Waals surface area contributed by atoms with E-state index in [-0.39, 0.29) is 17.9 Å². The van der Waals surface area contributed by atoms with Crippen LogP contribution in [-0.2, 0) is 14.3 Å². The molecule has 2 unspecified atom stereocenters. The molecule has 1 fully saturated rings. The largest absolute Gasteiger partial charge is 0.465 e. The first-order valence-corrected chi connectivity index (χ1v) is 8.32. The standard InChI is InChI=1S/C17H32N2O3/c1-7-22-15(20)11-19-9-13(12(2)3)8-14(10-19)18-16(21)17(4,5)6/h12-14H,7-11H2,1-6H3,(H,18,21). The molecule has 0 bridgehead atoms. The average Bonchev–Trinajstić information content (AvgIpc) is 2.37. The zero-order chi connectivity index (χ0) is 16.9. The highest BCUT2D eigenvalue weighted by Crippen LogP contribution is 2.25. The van der Waals surface area contributed by atoms with Gasteiger partial charge in [0.2, 0.25) is 5.91 Å². The van der Waals surface area contributed by atoms with Gasteiger partial charge in [0, 0.05) is 24.5 Å². The highest BCUT2D eigenvalue weighted by molar-refractivity contribution is 5.81. The molecule has 0 aromatic carbocycles. The number of hydrogen-bond acceptors (Lipinski definition) is 4. The molecular weight excluding hydrogens is 280 g/mol. The zero-order valence-electron chi connectivity index (χ0n) is 14.9. The van der Waals surface area contributed by atoms with Gasteiger partial charge in [-0.25, -0.2) is 0 Å². The van der Waals surface area contributed by atoms with E-state index in [0.29, 0.717) is 31.5 Å².